The highest BCUT2D eigenvalue weighted by atomic mass is 32.1. The van der Waals surface area contributed by atoms with Gasteiger partial charge in [-0.15, -0.1) is 0 Å². The summed E-state index contributed by atoms with van der Waals surface area (Å²) in [6, 6.07) is 2.03. The Balaban J connectivity index is 1.68. The standard InChI is InChI=1S/C20H21N7S/c1-13-8-18(28-25-13)24-19-20-21-10-17(15-9-22-26(2)11-15)27(20)12-16(23-19)14-6-4-3-5-7-14/h6,8-12H,3-5,7H2,1-2H3,(H,23,24). The van der Waals surface area contributed by atoms with Crippen LogP contribution in [-0.2, 0) is 7.05 Å². The molecule has 0 radical (unpaired) electrons. The Morgan fingerprint density at radius 2 is 2.11 bits per heavy atom. The van der Waals surface area contributed by atoms with E-state index in [1.165, 1.54) is 29.9 Å². The highest BCUT2D eigenvalue weighted by molar-refractivity contribution is 7.10. The van der Waals surface area contributed by atoms with Gasteiger partial charge in [0, 0.05) is 25.0 Å². The van der Waals surface area contributed by atoms with E-state index in [-0.39, 0.29) is 0 Å². The maximum Gasteiger partial charge on any atom is 0.181 e. The van der Waals surface area contributed by atoms with Crippen molar-refractivity contribution >= 4 is 33.6 Å². The SMILES string of the molecule is Cc1cc(Nc2nc(C3=CCCCC3)cn3c(-c4cnn(C)c4)cnc23)sn1. The van der Waals surface area contributed by atoms with Gasteiger partial charge in [0.05, 0.1) is 29.5 Å². The number of hydrogen-bond donors (Lipinski definition) is 1. The number of imidazole rings is 1. The van der Waals surface area contributed by atoms with E-state index in [0.717, 1.165) is 52.0 Å². The number of nitrogens with one attached hydrogen (secondary N) is 1. The molecule has 0 unspecified atom stereocenters. The number of fused-ring (bicyclic) bond motifs is 1. The molecule has 8 heteroatoms. The van der Waals surface area contributed by atoms with E-state index in [4.69, 9.17) is 4.98 Å². The fourth-order valence-electron chi connectivity index (χ4n) is 3.60. The average Bonchev–Trinajstić information content (AvgIpc) is 3.42. The molecule has 1 aliphatic rings. The van der Waals surface area contributed by atoms with Crippen molar-refractivity contribution in [2.24, 2.45) is 7.05 Å². The minimum Gasteiger partial charge on any atom is -0.328 e. The monoisotopic (exact) mass is 391 g/mol. The predicted molar refractivity (Wildman–Crippen MR) is 112 cm³/mol. The summed E-state index contributed by atoms with van der Waals surface area (Å²) < 4.78 is 8.28. The molecule has 142 valence electrons. The second-order valence-electron chi connectivity index (χ2n) is 7.15. The number of allylic oxidation sites excluding steroid dienone is 2. The van der Waals surface area contributed by atoms with Crippen LogP contribution in [0.15, 0.2) is 36.9 Å². The lowest BCUT2D eigenvalue weighted by molar-refractivity contribution is 0.739. The van der Waals surface area contributed by atoms with Crippen molar-refractivity contribution in [2.45, 2.75) is 32.6 Å². The Kier molecular flexibility index (Phi) is 4.20. The Labute approximate surface area is 166 Å². The minimum atomic E-state index is 0.753. The van der Waals surface area contributed by atoms with Crippen molar-refractivity contribution < 1.29 is 0 Å². The first-order chi connectivity index (χ1) is 13.7. The third-order valence-electron chi connectivity index (χ3n) is 4.98. The zero-order valence-electron chi connectivity index (χ0n) is 15.9. The smallest absolute Gasteiger partial charge is 0.181 e. The quantitative estimate of drug-likeness (QED) is 0.550. The van der Waals surface area contributed by atoms with Gasteiger partial charge < -0.3 is 5.32 Å². The zero-order chi connectivity index (χ0) is 19.1. The lowest BCUT2D eigenvalue weighted by Crippen LogP contribution is -2.03. The predicted octanol–water partition coefficient (Wildman–Crippen LogP) is 4.60. The van der Waals surface area contributed by atoms with E-state index in [0.29, 0.717) is 0 Å². The molecule has 5 rings (SSSR count). The number of nitrogens with zero attached hydrogens (tertiary/aromatic N) is 6. The van der Waals surface area contributed by atoms with E-state index in [1.807, 2.05) is 38.6 Å². The van der Waals surface area contributed by atoms with Crippen LogP contribution in [0.3, 0.4) is 0 Å². The van der Waals surface area contributed by atoms with Crippen molar-refractivity contribution in [1.82, 2.24) is 28.5 Å². The van der Waals surface area contributed by atoms with Gasteiger partial charge in [-0.3, -0.25) is 9.08 Å². The number of aryl methyl sites for hydroxylation is 2. The molecule has 28 heavy (non-hydrogen) atoms. The van der Waals surface area contributed by atoms with Crippen LogP contribution in [-0.4, -0.2) is 28.5 Å². The van der Waals surface area contributed by atoms with Crippen LogP contribution in [0.5, 0.6) is 0 Å². The Morgan fingerprint density at radius 3 is 2.82 bits per heavy atom. The molecule has 4 aromatic rings. The van der Waals surface area contributed by atoms with Gasteiger partial charge >= 0.3 is 0 Å². The molecular formula is C20H21N7S. The molecule has 4 heterocycles. The summed E-state index contributed by atoms with van der Waals surface area (Å²) in [5.41, 5.74) is 6.14. The summed E-state index contributed by atoms with van der Waals surface area (Å²) in [6.45, 7) is 1.99. The Morgan fingerprint density at radius 1 is 1.18 bits per heavy atom. The number of rotatable bonds is 4. The molecule has 0 aliphatic heterocycles. The van der Waals surface area contributed by atoms with Gasteiger partial charge in [0.1, 0.15) is 5.00 Å². The van der Waals surface area contributed by atoms with Crippen LogP contribution in [0, 0.1) is 6.92 Å². The molecule has 0 saturated heterocycles. The molecule has 0 aromatic carbocycles. The van der Waals surface area contributed by atoms with E-state index >= 15 is 0 Å². The van der Waals surface area contributed by atoms with Crippen LogP contribution in [0.1, 0.15) is 37.1 Å². The Bertz CT molecular complexity index is 1180. The molecule has 0 saturated carbocycles. The van der Waals surface area contributed by atoms with Crippen LogP contribution < -0.4 is 5.32 Å². The molecule has 1 aliphatic carbocycles. The first-order valence-electron chi connectivity index (χ1n) is 9.44. The number of anilines is 2. The first kappa shape index (κ1) is 17.1. The topological polar surface area (TPSA) is 72.9 Å². The second kappa shape index (κ2) is 6.87. The normalized spacial score (nSPS) is 14.4. The van der Waals surface area contributed by atoms with Crippen LogP contribution in [0.25, 0.3) is 22.5 Å². The van der Waals surface area contributed by atoms with E-state index in [1.54, 1.807) is 4.68 Å². The number of aromatic nitrogens is 6. The summed E-state index contributed by atoms with van der Waals surface area (Å²) in [5.74, 6) is 0.753. The molecule has 0 bridgehead atoms. The molecule has 1 N–H and O–H groups in total. The summed E-state index contributed by atoms with van der Waals surface area (Å²) in [7, 11) is 1.92. The summed E-state index contributed by atoms with van der Waals surface area (Å²) in [4.78, 5) is 9.60. The van der Waals surface area contributed by atoms with Gasteiger partial charge in [-0.1, -0.05) is 6.08 Å². The van der Waals surface area contributed by atoms with Crippen molar-refractivity contribution in [3.63, 3.8) is 0 Å². The average molecular weight is 392 g/mol. The third kappa shape index (κ3) is 3.09. The van der Waals surface area contributed by atoms with Gasteiger partial charge in [-0.05, 0) is 55.8 Å². The van der Waals surface area contributed by atoms with Gasteiger partial charge in [-0.25, -0.2) is 9.97 Å². The molecule has 0 fully saturated rings. The molecule has 0 spiro atoms. The lowest BCUT2D eigenvalue weighted by atomic mass is 9.97. The van der Waals surface area contributed by atoms with Crippen molar-refractivity contribution in [3.8, 4) is 11.3 Å². The van der Waals surface area contributed by atoms with Crippen molar-refractivity contribution in [2.75, 3.05) is 5.32 Å². The molecular weight excluding hydrogens is 370 g/mol. The minimum absolute atomic E-state index is 0.753. The molecule has 0 atom stereocenters. The van der Waals surface area contributed by atoms with Crippen LogP contribution >= 0.6 is 11.5 Å². The first-order valence-corrected chi connectivity index (χ1v) is 10.2. The number of hydrogen-bond acceptors (Lipinski definition) is 6. The van der Waals surface area contributed by atoms with Gasteiger partial charge in [-0.2, -0.15) is 9.47 Å². The van der Waals surface area contributed by atoms with Crippen LogP contribution in [0.2, 0.25) is 0 Å². The van der Waals surface area contributed by atoms with Crippen molar-refractivity contribution in [1.29, 1.82) is 0 Å². The van der Waals surface area contributed by atoms with E-state index in [2.05, 4.69) is 36.4 Å². The van der Waals surface area contributed by atoms with E-state index in [9.17, 15) is 0 Å². The van der Waals surface area contributed by atoms with E-state index < -0.39 is 0 Å². The van der Waals surface area contributed by atoms with Crippen LogP contribution in [0.4, 0.5) is 10.8 Å². The van der Waals surface area contributed by atoms with Gasteiger partial charge in [0.15, 0.2) is 11.5 Å². The van der Waals surface area contributed by atoms with Gasteiger partial charge in [0.25, 0.3) is 0 Å². The fourth-order valence-corrected chi connectivity index (χ4v) is 4.26. The van der Waals surface area contributed by atoms with Crippen molar-refractivity contribution in [3.05, 3.63) is 48.3 Å². The molecule has 0 amide bonds. The van der Waals surface area contributed by atoms with Gasteiger partial charge in [0.2, 0.25) is 0 Å². The lowest BCUT2D eigenvalue weighted by Gasteiger charge is -2.15. The highest BCUT2D eigenvalue weighted by Crippen LogP contribution is 2.31. The second-order valence-corrected chi connectivity index (χ2v) is 7.95. The summed E-state index contributed by atoms with van der Waals surface area (Å²) in [6.07, 6.45) is 14.8. The molecule has 4 aromatic heterocycles. The third-order valence-corrected chi connectivity index (χ3v) is 5.78. The summed E-state index contributed by atoms with van der Waals surface area (Å²) in [5, 5.41) is 8.71. The maximum absolute atomic E-state index is 4.94. The molecule has 7 nitrogen and oxygen atoms in total. The Hall–Kier alpha value is -3.00. The maximum atomic E-state index is 4.94. The summed E-state index contributed by atoms with van der Waals surface area (Å²) >= 11 is 1.43. The largest absolute Gasteiger partial charge is 0.328 e. The zero-order valence-corrected chi connectivity index (χ0v) is 16.7. The fraction of sp³-hybridized carbons (Fsp3) is 0.300. The highest BCUT2D eigenvalue weighted by Gasteiger charge is 2.17.